The summed E-state index contributed by atoms with van der Waals surface area (Å²) in [6.45, 7) is 0. The maximum Gasteiger partial charge on any atom is 0.251 e. The molecule has 0 radical (unpaired) electrons. The molecule has 0 aliphatic heterocycles. The van der Waals surface area contributed by atoms with Crippen molar-refractivity contribution in [2.45, 2.75) is 0 Å². The summed E-state index contributed by atoms with van der Waals surface area (Å²) in [5.74, 6) is 0.532. The van der Waals surface area contributed by atoms with Crippen LogP contribution in [-0.4, -0.2) is 24.9 Å². The highest BCUT2D eigenvalue weighted by atomic mass is 16.3. The number of phenolic OH excluding ortho intramolecular Hbond substituents is 1. The number of phenols is 1. The second-order valence-electron chi connectivity index (χ2n) is 4.43. The van der Waals surface area contributed by atoms with Crippen LogP contribution in [0.1, 0.15) is 0 Å². The van der Waals surface area contributed by atoms with Gasteiger partial charge in [0.05, 0.1) is 11.9 Å². The van der Waals surface area contributed by atoms with Gasteiger partial charge in [0.2, 0.25) is 0 Å². The summed E-state index contributed by atoms with van der Waals surface area (Å²) in [7, 11) is 1.80. The molecule has 0 aliphatic carbocycles. The van der Waals surface area contributed by atoms with E-state index in [9.17, 15) is 9.90 Å². The predicted molar refractivity (Wildman–Crippen MR) is 74.2 cm³/mol. The van der Waals surface area contributed by atoms with Crippen molar-refractivity contribution in [2.75, 3.05) is 0 Å². The van der Waals surface area contributed by atoms with Crippen molar-refractivity contribution in [3.8, 4) is 28.4 Å². The Morgan fingerprint density at radius 3 is 2.80 bits per heavy atom. The van der Waals surface area contributed by atoms with E-state index in [0.29, 0.717) is 17.1 Å². The largest absolute Gasteiger partial charge is 0.508 e. The molecule has 100 valence electrons. The SMILES string of the molecule is Cn1cc(-c2cc(=O)[nH]c(-c3cccc(O)c3)n2)cn1. The number of aromatic amines is 1. The number of nitrogens with one attached hydrogen (secondary N) is 1. The number of rotatable bonds is 2. The van der Waals surface area contributed by atoms with Crippen molar-refractivity contribution in [3.63, 3.8) is 0 Å². The predicted octanol–water partition coefficient (Wildman–Crippen LogP) is 1.54. The average Bonchev–Trinajstić information content (AvgIpc) is 2.85. The molecule has 0 fully saturated rings. The van der Waals surface area contributed by atoms with Gasteiger partial charge in [-0.3, -0.25) is 9.48 Å². The summed E-state index contributed by atoms with van der Waals surface area (Å²) in [6.07, 6.45) is 3.43. The first-order valence-corrected chi connectivity index (χ1v) is 6.01. The molecule has 1 aromatic carbocycles. The van der Waals surface area contributed by atoms with E-state index in [-0.39, 0.29) is 11.3 Å². The van der Waals surface area contributed by atoms with E-state index in [2.05, 4.69) is 15.1 Å². The van der Waals surface area contributed by atoms with Crippen molar-refractivity contribution in [3.05, 3.63) is 53.1 Å². The highest BCUT2D eigenvalue weighted by Gasteiger charge is 2.08. The minimum atomic E-state index is -0.253. The van der Waals surface area contributed by atoms with E-state index in [1.165, 1.54) is 6.07 Å². The van der Waals surface area contributed by atoms with Gasteiger partial charge in [0, 0.05) is 30.4 Å². The number of H-pyrrole nitrogens is 1. The average molecular weight is 268 g/mol. The first-order chi connectivity index (χ1) is 9.61. The van der Waals surface area contributed by atoms with Crippen LogP contribution in [-0.2, 0) is 7.05 Å². The van der Waals surface area contributed by atoms with Crippen molar-refractivity contribution in [1.82, 2.24) is 19.7 Å². The maximum absolute atomic E-state index is 11.8. The van der Waals surface area contributed by atoms with Gasteiger partial charge in [-0.2, -0.15) is 5.10 Å². The smallest absolute Gasteiger partial charge is 0.251 e. The zero-order chi connectivity index (χ0) is 14.1. The molecule has 0 bridgehead atoms. The van der Waals surface area contributed by atoms with Crippen molar-refractivity contribution in [2.24, 2.45) is 7.05 Å². The first kappa shape index (κ1) is 12.2. The molecular weight excluding hydrogens is 256 g/mol. The molecule has 0 aliphatic rings. The van der Waals surface area contributed by atoms with Gasteiger partial charge < -0.3 is 10.1 Å². The fraction of sp³-hybridized carbons (Fsp3) is 0.0714. The first-order valence-electron chi connectivity index (χ1n) is 6.01. The summed E-state index contributed by atoms with van der Waals surface area (Å²) in [6, 6.07) is 7.99. The van der Waals surface area contributed by atoms with Crippen LogP contribution in [0.4, 0.5) is 0 Å². The molecule has 0 unspecified atom stereocenters. The third-order valence-corrected chi connectivity index (χ3v) is 2.86. The molecule has 2 heterocycles. The Bertz CT molecular complexity index is 820. The van der Waals surface area contributed by atoms with Crippen LogP contribution >= 0.6 is 0 Å². The third-order valence-electron chi connectivity index (χ3n) is 2.86. The molecule has 3 rings (SSSR count). The molecule has 6 nitrogen and oxygen atoms in total. The highest BCUT2D eigenvalue weighted by Crippen LogP contribution is 2.21. The fourth-order valence-corrected chi connectivity index (χ4v) is 1.95. The van der Waals surface area contributed by atoms with Gasteiger partial charge >= 0.3 is 0 Å². The third kappa shape index (κ3) is 2.31. The second kappa shape index (κ2) is 4.65. The Hall–Kier alpha value is -2.89. The molecule has 20 heavy (non-hydrogen) atoms. The molecule has 2 aromatic heterocycles. The molecule has 0 saturated carbocycles. The molecule has 2 N–H and O–H groups in total. The lowest BCUT2D eigenvalue weighted by molar-refractivity contribution is 0.475. The standard InChI is InChI=1S/C14H12N4O2/c1-18-8-10(7-15-18)12-6-13(20)17-14(16-12)9-3-2-4-11(19)5-9/h2-8,19H,1H3,(H,16,17,20). The summed E-state index contributed by atoms with van der Waals surface area (Å²) in [5, 5.41) is 13.6. The second-order valence-corrected chi connectivity index (χ2v) is 4.43. The van der Waals surface area contributed by atoms with Gasteiger partial charge in [-0.05, 0) is 12.1 Å². The Labute approximate surface area is 114 Å². The topological polar surface area (TPSA) is 83.8 Å². The number of benzene rings is 1. The van der Waals surface area contributed by atoms with Crippen LogP contribution < -0.4 is 5.56 Å². The number of hydrogen-bond acceptors (Lipinski definition) is 4. The van der Waals surface area contributed by atoms with Gasteiger partial charge in [-0.1, -0.05) is 12.1 Å². The van der Waals surface area contributed by atoms with Gasteiger partial charge in [0.15, 0.2) is 0 Å². The molecule has 0 amide bonds. The van der Waals surface area contributed by atoms with Gasteiger partial charge in [0.25, 0.3) is 5.56 Å². The van der Waals surface area contributed by atoms with E-state index in [1.807, 2.05) is 0 Å². The number of aromatic hydroxyl groups is 1. The lowest BCUT2D eigenvalue weighted by atomic mass is 10.2. The fourth-order valence-electron chi connectivity index (χ4n) is 1.95. The maximum atomic E-state index is 11.8. The van der Waals surface area contributed by atoms with Crippen LogP contribution in [0.3, 0.4) is 0 Å². The molecule has 0 saturated heterocycles. The molecule has 6 heteroatoms. The van der Waals surface area contributed by atoms with Crippen molar-refractivity contribution < 1.29 is 5.11 Å². The normalized spacial score (nSPS) is 10.7. The Morgan fingerprint density at radius 1 is 1.25 bits per heavy atom. The van der Waals surface area contributed by atoms with Crippen LogP contribution in [0.25, 0.3) is 22.6 Å². The zero-order valence-electron chi connectivity index (χ0n) is 10.7. The lowest BCUT2D eigenvalue weighted by Crippen LogP contribution is -2.08. The monoisotopic (exact) mass is 268 g/mol. The highest BCUT2D eigenvalue weighted by molar-refractivity contribution is 5.63. The van der Waals surface area contributed by atoms with Gasteiger partial charge in [0.1, 0.15) is 11.6 Å². The number of nitrogens with zero attached hydrogens (tertiary/aromatic N) is 3. The Kier molecular flexibility index (Phi) is 2.83. The molecule has 3 aromatic rings. The van der Waals surface area contributed by atoms with Crippen LogP contribution in [0.2, 0.25) is 0 Å². The number of aromatic nitrogens is 4. The van der Waals surface area contributed by atoms with Gasteiger partial charge in [-0.15, -0.1) is 0 Å². The van der Waals surface area contributed by atoms with E-state index in [4.69, 9.17) is 0 Å². The minimum absolute atomic E-state index is 0.122. The number of hydrogen-bond donors (Lipinski definition) is 2. The van der Waals surface area contributed by atoms with E-state index < -0.39 is 0 Å². The number of aryl methyl sites for hydroxylation is 1. The zero-order valence-corrected chi connectivity index (χ0v) is 10.7. The summed E-state index contributed by atoms with van der Waals surface area (Å²) in [5.41, 5.74) is 1.70. The Balaban J connectivity index is 2.14. The van der Waals surface area contributed by atoms with Crippen molar-refractivity contribution >= 4 is 0 Å². The molecular formula is C14H12N4O2. The summed E-state index contributed by atoms with van der Waals surface area (Å²) >= 11 is 0. The van der Waals surface area contributed by atoms with Gasteiger partial charge in [-0.25, -0.2) is 4.98 Å². The molecule has 0 atom stereocenters. The van der Waals surface area contributed by atoms with E-state index in [1.54, 1.807) is 48.4 Å². The molecule has 0 spiro atoms. The lowest BCUT2D eigenvalue weighted by Gasteiger charge is -2.03. The van der Waals surface area contributed by atoms with Crippen LogP contribution in [0, 0.1) is 0 Å². The quantitative estimate of drug-likeness (QED) is 0.738. The summed E-state index contributed by atoms with van der Waals surface area (Å²) in [4.78, 5) is 18.8. The summed E-state index contributed by atoms with van der Waals surface area (Å²) < 4.78 is 1.65. The Morgan fingerprint density at radius 2 is 2.10 bits per heavy atom. The van der Waals surface area contributed by atoms with Crippen LogP contribution in [0.5, 0.6) is 5.75 Å². The van der Waals surface area contributed by atoms with E-state index in [0.717, 1.165) is 5.56 Å². The van der Waals surface area contributed by atoms with E-state index >= 15 is 0 Å². The van der Waals surface area contributed by atoms with Crippen molar-refractivity contribution in [1.29, 1.82) is 0 Å². The van der Waals surface area contributed by atoms with Crippen LogP contribution in [0.15, 0.2) is 47.5 Å². The minimum Gasteiger partial charge on any atom is -0.508 e.